The molecule has 0 atom stereocenters. The molecule has 6 nitrogen and oxygen atoms in total. The molecule has 3 aromatic rings. The number of amides is 1. The number of thiazole rings is 1. The number of carbonyl (C=O) groups is 1. The minimum atomic E-state index is -0.209. The van der Waals surface area contributed by atoms with Gasteiger partial charge in [0.05, 0.1) is 7.11 Å². The van der Waals surface area contributed by atoms with E-state index in [0.29, 0.717) is 29.0 Å². The number of hydrogen-bond acceptors (Lipinski definition) is 6. The normalized spacial score (nSPS) is 10.2. The second-order valence-electron chi connectivity index (χ2n) is 5.26. The van der Waals surface area contributed by atoms with Gasteiger partial charge in [0.25, 0.3) is 11.1 Å². The van der Waals surface area contributed by atoms with Gasteiger partial charge in [-0.3, -0.25) is 4.79 Å². The Morgan fingerprint density at radius 3 is 2.58 bits per heavy atom. The van der Waals surface area contributed by atoms with Gasteiger partial charge in [0.15, 0.2) is 18.1 Å². The van der Waals surface area contributed by atoms with Crippen LogP contribution in [0, 0.1) is 0 Å². The maximum absolute atomic E-state index is 12.0. The Kier molecular flexibility index (Phi) is 6.05. The number of aromatic nitrogens is 1. The van der Waals surface area contributed by atoms with E-state index in [4.69, 9.17) is 14.2 Å². The highest BCUT2D eigenvalue weighted by Gasteiger charge is 2.07. The van der Waals surface area contributed by atoms with Gasteiger partial charge in [0.2, 0.25) is 0 Å². The smallest absolute Gasteiger partial charge is 0.278 e. The predicted molar refractivity (Wildman–Crippen MR) is 99.0 cm³/mol. The predicted octanol–water partition coefficient (Wildman–Crippen LogP) is 3.64. The van der Waals surface area contributed by atoms with Gasteiger partial charge in [-0.2, -0.15) is 0 Å². The van der Waals surface area contributed by atoms with Crippen molar-refractivity contribution in [3.63, 3.8) is 0 Å². The number of carbonyl (C=O) groups excluding carboxylic acids is 1. The molecule has 1 N–H and O–H groups in total. The van der Waals surface area contributed by atoms with Crippen LogP contribution in [0.2, 0.25) is 0 Å². The number of ether oxygens (including phenoxy) is 3. The summed E-state index contributed by atoms with van der Waals surface area (Å²) in [5.41, 5.74) is 0.960. The maximum Gasteiger partial charge on any atom is 0.278 e. The van der Waals surface area contributed by atoms with Crippen LogP contribution in [0.25, 0.3) is 0 Å². The molecule has 134 valence electrons. The van der Waals surface area contributed by atoms with E-state index in [1.54, 1.807) is 25.4 Å². The molecule has 0 radical (unpaired) electrons. The van der Waals surface area contributed by atoms with Crippen LogP contribution in [0.15, 0.2) is 60.1 Å². The lowest BCUT2D eigenvalue weighted by Crippen LogP contribution is -2.28. The molecule has 0 saturated carbocycles. The fraction of sp³-hybridized carbons (Fsp3) is 0.158. The zero-order chi connectivity index (χ0) is 18.2. The summed E-state index contributed by atoms with van der Waals surface area (Å²) in [4.78, 5) is 16.0. The lowest BCUT2D eigenvalue weighted by molar-refractivity contribution is -0.123. The first-order valence-electron chi connectivity index (χ1n) is 7.93. The van der Waals surface area contributed by atoms with E-state index in [1.807, 2.05) is 41.8 Å². The van der Waals surface area contributed by atoms with E-state index in [9.17, 15) is 4.79 Å². The highest BCUT2D eigenvalue weighted by molar-refractivity contribution is 7.11. The second kappa shape index (κ2) is 8.87. The van der Waals surface area contributed by atoms with Crippen molar-refractivity contribution in [1.29, 1.82) is 0 Å². The molecule has 0 aliphatic rings. The van der Waals surface area contributed by atoms with Crippen molar-refractivity contribution < 1.29 is 19.0 Å². The van der Waals surface area contributed by atoms with Gasteiger partial charge in [0.1, 0.15) is 5.75 Å². The maximum atomic E-state index is 12.0. The van der Waals surface area contributed by atoms with Crippen LogP contribution in [0.4, 0.5) is 0 Å². The standard InChI is InChI=1S/C19H18N2O4S/c1-23-16-4-2-3-5-17(16)24-13-18(22)21-12-14-6-8-15(9-7-14)25-19-20-10-11-26-19/h2-11H,12-13H2,1H3,(H,21,22). The fourth-order valence-corrected chi connectivity index (χ4v) is 2.67. The zero-order valence-electron chi connectivity index (χ0n) is 14.2. The molecule has 0 unspecified atom stereocenters. The van der Waals surface area contributed by atoms with E-state index >= 15 is 0 Å². The third-order valence-electron chi connectivity index (χ3n) is 3.46. The van der Waals surface area contributed by atoms with Gasteiger partial charge in [-0.15, -0.1) is 0 Å². The first-order valence-corrected chi connectivity index (χ1v) is 8.81. The largest absolute Gasteiger partial charge is 0.493 e. The first kappa shape index (κ1) is 17.8. The fourth-order valence-electron chi connectivity index (χ4n) is 2.17. The molecule has 2 aromatic carbocycles. The summed E-state index contributed by atoms with van der Waals surface area (Å²) >= 11 is 1.43. The molecular weight excluding hydrogens is 352 g/mol. The molecule has 0 bridgehead atoms. The number of nitrogens with zero attached hydrogens (tertiary/aromatic N) is 1. The highest BCUT2D eigenvalue weighted by Crippen LogP contribution is 2.25. The molecule has 0 fully saturated rings. The molecule has 1 amide bonds. The minimum Gasteiger partial charge on any atom is -0.493 e. The monoisotopic (exact) mass is 370 g/mol. The van der Waals surface area contributed by atoms with Crippen LogP contribution in [-0.4, -0.2) is 24.6 Å². The zero-order valence-corrected chi connectivity index (χ0v) is 15.0. The number of nitrogens with one attached hydrogen (secondary N) is 1. The molecule has 0 saturated heterocycles. The average molecular weight is 370 g/mol. The Bertz CT molecular complexity index is 835. The van der Waals surface area contributed by atoms with Gasteiger partial charge < -0.3 is 19.5 Å². The summed E-state index contributed by atoms with van der Waals surface area (Å²) in [6, 6.07) is 14.7. The van der Waals surface area contributed by atoms with Crippen LogP contribution >= 0.6 is 11.3 Å². The topological polar surface area (TPSA) is 69.7 Å². The minimum absolute atomic E-state index is 0.0778. The van der Waals surface area contributed by atoms with Crippen molar-refractivity contribution in [2.45, 2.75) is 6.54 Å². The molecule has 1 heterocycles. The Balaban J connectivity index is 1.45. The Labute approximate surface area is 155 Å². The molecule has 26 heavy (non-hydrogen) atoms. The van der Waals surface area contributed by atoms with Gasteiger partial charge in [-0.1, -0.05) is 35.6 Å². The van der Waals surface area contributed by atoms with Crippen molar-refractivity contribution in [2.24, 2.45) is 0 Å². The van der Waals surface area contributed by atoms with Crippen molar-refractivity contribution in [1.82, 2.24) is 10.3 Å². The number of benzene rings is 2. The lowest BCUT2D eigenvalue weighted by atomic mass is 10.2. The summed E-state index contributed by atoms with van der Waals surface area (Å²) in [5.74, 6) is 1.62. The van der Waals surface area contributed by atoms with Crippen LogP contribution in [0.5, 0.6) is 22.4 Å². The first-order chi connectivity index (χ1) is 12.7. The SMILES string of the molecule is COc1ccccc1OCC(=O)NCc1ccc(Oc2nccs2)cc1. The highest BCUT2D eigenvalue weighted by atomic mass is 32.1. The third kappa shape index (κ3) is 4.97. The van der Waals surface area contributed by atoms with Crippen LogP contribution in [-0.2, 0) is 11.3 Å². The number of hydrogen-bond donors (Lipinski definition) is 1. The molecule has 0 aliphatic heterocycles. The molecular formula is C19H18N2O4S. The summed E-state index contributed by atoms with van der Waals surface area (Å²) in [6.45, 7) is 0.331. The van der Waals surface area contributed by atoms with Crippen molar-refractivity contribution in [3.05, 3.63) is 65.7 Å². The lowest BCUT2D eigenvalue weighted by Gasteiger charge is -2.10. The Hall–Kier alpha value is -3.06. The summed E-state index contributed by atoms with van der Waals surface area (Å²) < 4.78 is 16.3. The van der Waals surface area contributed by atoms with Gasteiger partial charge in [-0.05, 0) is 29.8 Å². The van der Waals surface area contributed by atoms with Gasteiger partial charge >= 0.3 is 0 Å². The van der Waals surface area contributed by atoms with Crippen LogP contribution in [0.1, 0.15) is 5.56 Å². The quantitative estimate of drug-likeness (QED) is 0.656. The summed E-state index contributed by atoms with van der Waals surface area (Å²) in [6.07, 6.45) is 1.69. The van der Waals surface area contributed by atoms with E-state index in [2.05, 4.69) is 10.3 Å². The van der Waals surface area contributed by atoms with Gasteiger partial charge in [0, 0.05) is 18.1 Å². The summed E-state index contributed by atoms with van der Waals surface area (Å²) in [5, 5.41) is 5.27. The second-order valence-corrected chi connectivity index (χ2v) is 6.12. The van der Waals surface area contributed by atoms with Crippen LogP contribution < -0.4 is 19.5 Å². The number of rotatable bonds is 8. The van der Waals surface area contributed by atoms with Gasteiger partial charge in [-0.25, -0.2) is 4.98 Å². The van der Waals surface area contributed by atoms with Crippen molar-refractivity contribution in [2.75, 3.05) is 13.7 Å². The molecule has 3 rings (SSSR count). The number of methoxy groups -OCH3 is 1. The number of para-hydroxylation sites is 2. The Morgan fingerprint density at radius 2 is 1.88 bits per heavy atom. The van der Waals surface area contributed by atoms with Crippen LogP contribution in [0.3, 0.4) is 0 Å². The third-order valence-corrected chi connectivity index (χ3v) is 4.10. The van der Waals surface area contributed by atoms with Crippen molar-refractivity contribution >= 4 is 17.2 Å². The Morgan fingerprint density at radius 1 is 1.12 bits per heavy atom. The molecule has 7 heteroatoms. The molecule has 1 aromatic heterocycles. The molecule has 0 aliphatic carbocycles. The van der Waals surface area contributed by atoms with Crippen molar-refractivity contribution in [3.8, 4) is 22.4 Å². The average Bonchev–Trinajstić information content (AvgIpc) is 3.19. The van der Waals surface area contributed by atoms with E-state index in [0.717, 1.165) is 5.56 Å². The molecule has 0 spiro atoms. The van der Waals surface area contributed by atoms with E-state index in [-0.39, 0.29) is 12.5 Å². The van der Waals surface area contributed by atoms with E-state index in [1.165, 1.54) is 11.3 Å². The van der Waals surface area contributed by atoms with E-state index < -0.39 is 0 Å². The summed E-state index contributed by atoms with van der Waals surface area (Å²) in [7, 11) is 1.56.